The Bertz CT molecular complexity index is 525. The molecule has 0 bridgehead atoms. The Morgan fingerprint density at radius 1 is 1.00 bits per heavy atom. The van der Waals surface area contributed by atoms with Gasteiger partial charge in [-0.25, -0.2) is 4.39 Å². The van der Waals surface area contributed by atoms with Gasteiger partial charge in [-0.3, -0.25) is 4.79 Å². The van der Waals surface area contributed by atoms with Gasteiger partial charge in [0.1, 0.15) is 5.82 Å². The van der Waals surface area contributed by atoms with E-state index in [4.69, 9.17) is 0 Å². The van der Waals surface area contributed by atoms with Gasteiger partial charge in [0.05, 0.1) is 5.92 Å². The van der Waals surface area contributed by atoms with E-state index in [1.165, 1.54) is 12.1 Å². The second kappa shape index (κ2) is 6.33. The van der Waals surface area contributed by atoms with E-state index in [2.05, 4.69) is 0 Å². The minimum absolute atomic E-state index is 0.306. The highest BCUT2D eigenvalue weighted by Crippen LogP contribution is 2.16. The summed E-state index contributed by atoms with van der Waals surface area (Å²) >= 11 is 0. The van der Waals surface area contributed by atoms with Gasteiger partial charge in [0.2, 0.25) is 0 Å². The number of aryl methyl sites for hydroxylation is 1. The van der Waals surface area contributed by atoms with Crippen LogP contribution < -0.4 is 0 Å². The van der Waals surface area contributed by atoms with Crippen LogP contribution in [0.3, 0.4) is 0 Å². The summed E-state index contributed by atoms with van der Waals surface area (Å²) in [6.45, 7) is 2.00. The maximum Gasteiger partial charge on any atom is 0.307 e. The summed E-state index contributed by atoms with van der Waals surface area (Å²) in [5, 5.41) is 9.33. The van der Waals surface area contributed by atoms with Crippen molar-refractivity contribution in [2.75, 3.05) is 0 Å². The van der Waals surface area contributed by atoms with Gasteiger partial charge in [-0.05, 0) is 43.0 Å². The van der Waals surface area contributed by atoms with Crippen LogP contribution in [0.4, 0.5) is 4.39 Å². The molecule has 20 heavy (non-hydrogen) atoms. The minimum Gasteiger partial charge on any atom is -0.481 e. The quantitative estimate of drug-likeness (QED) is 0.902. The van der Waals surface area contributed by atoms with Crippen molar-refractivity contribution in [2.24, 2.45) is 5.92 Å². The number of rotatable bonds is 5. The molecule has 3 heteroatoms. The number of aliphatic carboxylic acids is 1. The van der Waals surface area contributed by atoms with Gasteiger partial charge in [0.25, 0.3) is 0 Å². The Morgan fingerprint density at radius 3 is 1.90 bits per heavy atom. The highest BCUT2D eigenvalue weighted by molar-refractivity contribution is 5.70. The second-order valence-corrected chi connectivity index (χ2v) is 5.06. The maximum absolute atomic E-state index is 12.9. The average molecular weight is 272 g/mol. The lowest BCUT2D eigenvalue weighted by molar-refractivity contribution is -0.141. The van der Waals surface area contributed by atoms with E-state index >= 15 is 0 Å². The van der Waals surface area contributed by atoms with Crippen molar-refractivity contribution in [1.29, 1.82) is 0 Å². The van der Waals surface area contributed by atoms with Crippen molar-refractivity contribution in [2.45, 2.75) is 19.8 Å². The first-order chi connectivity index (χ1) is 9.54. The Hall–Kier alpha value is -2.16. The molecule has 104 valence electrons. The third-order valence-electron chi connectivity index (χ3n) is 3.35. The topological polar surface area (TPSA) is 37.3 Å². The number of hydrogen-bond acceptors (Lipinski definition) is 1. The van der Waals surface area contributed by atoms with Crippen LogP contribution in [0.15, 0.2) is 48.5 Å². The molecule has 2 aromatic rings. The number of carbonyl (C=O) groups is 1. The lowest BCUT2D eigenvalue weighted by Crippen LogP contribution is -2.19. The molecule has 0 aliphatic rings. The normalized spacial score (nSPS) is 12.1. The zero-order valence-electron chi connectivity index (χ0n) is 11.3. The fourth-order valence-corrected chi connectivity index (χ4v) is 2.16. The van der Waals surface area contributed by atoms with Gasteiger partial charge in [-0.1, -0.05) is 42.0 Å². The van der Waals surface area contributed by atoms with Crippen LogP contribution in [-0.4, -0.2) is 11.1 Å². The molecule has 0 aromatic heterocycles. The highest BCUT2D eigenvalue weighted by atomic mass is 19.1. The molecule has 0 spiro atoms. The first kappa shape index (κ1) is 14.3. The Kier molecular flexibility index (Phi) is 4.51. The zero-order chi connectivity index (χ0) is 14.5. The molecule has 0 amide bonds. The summed E-state index contributed by atoms with van der Waals surface area (Å²) in [4.78, 5) is 11.4. The molecular formula is C17H17FO2. The monoisotopic (exact) mass is 272 g/mol. The molecule has 1 N–H and O–H groups in total. The van der Waals surface area contributed by atoms with Crippen molar-refractivity contribution < 1.29 is 14.3 Å². The summed E-state index contributed by atoms with van der Waals surface area (Å²) in [6.07, 6.45) is 0.885. The second-order valence-electron chi connectivity index (χ2n) is 5.06. The molecule has 2 aromatic carbocycles. The van der Waals surface area contributed by atoms with Crippen LogP contribution >= 0.6 is 0 Å². The fourth-order valence-electron chi connectivity index (χ4n) is 2.16. The van der Waals surface area contributed by atoms with Gasteiger partial charge in [-0.15, -0.1) is 0 Å². The molecule has 2 rings (SSSR count). The summed E-state index contributed by atoms with van der Waals surface area (Å²) in [7, 11) is 0. The van der Waals surface area contributed by atoms with Crippen LogP contribution in [0.2, 0.25) is 0 Å². The van der Waals surface area contributed by atoms with E-state index in [9.17, 15) is 14.3 Å². The Labute approximate surface area is 117 Å². The predicted molar refractivity (Wildman–Crippen MR) is 76.1 cm³/mol. The molecule has 0 aliphatic heterocycles. The van der Waals surface area contributed by atoms with Crippen LogP contribution in [0, 0.1) is 18.7 Å². The van der Waals surface area contributed by atoms with Gasteiger partial charge in [-0.2, -0.15) is 0 Å². The molecule has 0 aliphatic carbocycles. The van der Waals surface area contributed by atoms with Crippen molar-refractivity contribution >= 4 is 5.97 Å². The van der Waals surface area contributed by atoms with Gasteiger partial charge >= 0.3 is 5.97 Å². The molecule has 1 unspecified atom stereocenters. The lowest BCUT2D eigenvalue weighted by Gasteiger charge is -2.13. The maximum atomic E-state index is 12.9. The van der Waals surface area contributed by atoms with E-state index in [0.29, 0.717) is 12.8 Å². The summed E-state index contributed by atoms with van der Waals surface area (Å²) in [5.74, 6) is -1.63. The van der Waals surface area contributed by atoms with Crippen molar-refractivity contribution in [1.82, 2.24) is 0 Å². The average Bonchev–Trinajstić information content (AvgIpc) is 2.42. The lowest BCUT2D eigenvalue weighted by atomic mass is 9.92. The smallest absolute Gasteiger partial charge is 0.307 e. The van der Waals surface area contributed by atoms with Crippen LogP contribution in [0.25, 0.3) is 0 Å². The number of carboxylic acids is 1. The summed E-state index contributed by atoms with van der Waals surface area (Å²) < 4.78 is 12.9. The van der Waals surface area contributed by atoms with Crippen LogP contribution in [0.5, 0.6) is 0 Å². The van der Waals surface area contributed by atoms with E-state index in [-0.39, 0.29) is 5.82 Å². The van der Waals surface area contributed by atoms with Crippen molar-refractivity contribution in [3.05, 3.63) is 71.0 Å². The van der Waals surface area contributed by atoms with Crippen molar-refractivity contribution in [3.8, 4) is 0 Å². The molecule has 0 saturated heterocycles. The minimum atomic E-state index is -0.824. The first-order valence-corrected chi connectivity index (χ1v) is 6.57. The molecular weight excluding hydrogens is 255 g/mol. The standard InChI is InChI=1S/C17H17FO2/c1-12-2-4-13(5-3-12)10-15(17(19)20)11-14-6-8-16(18)9-7-14/h2-9,15H,10-11H2,1H3,(H,19,20). The molecule has 2 nitrogen and oxygen atoms in total. The van der Waals surface area contributed by atoms with E-state index in [0.717, 1.165) is 16.7 Å². The molecule has 0 heterocycles. The molecule has 0 saturated carbocycles. The largest absolute Gasteiger partial charge is 0.481 e. The third-order valence-corrected chi connectivity index (χ3v) is 3.35. The van der Waals surface area contributed by atoms with E-state index in [1.807, 2.05) is 31.2 Å². The summed E-state index contributed by atoms with van der Waals surface area (Å²) in [5.41, 5.74) is 3.00. The van der Waals surface area contributed by atoms with Crippen LogP contribution in [0.1, 0.15) is 16.7 Å². The van der Waals surface area contributed by atoms with Gasteiger partial charge in [0, 0.05) is 0 Å². The van der Waals surface area contributed by atoms with Crippen LogP contribution in [-0.2, 0) is 17.6 Å². The molecule has 0 fully saturated rings. The predicted octanol–water partition coefficient (Wildman–Crippen LogP) is 3.62. The summed E-state index contributed by atoms with van der Waals surface area (Å²) in [6, 6.07) is 13.9. The Balaban J connectivity index is 2.09. The number of carboxylic acid groups (broad SMARTS) is 1. The third kappa shape index (κ3) is 3.92. The molecule has 1 atom stereocenters. The number of halogens is 1. The van der Waals surface area contributed by atoms with Gasteiger partial charge < -0.3 is 5.11 Å². The number of benzene rings is 2. The highest BCUT2D eigenvalue weighted by Gasteiger charge is 2.18. The zero-order valence-corrected chi connectivity index (χ0v) is 11.3. The van der Waals surface area contributed by atoms with E-state index in [1.54, 1.807) is 12.1 Å². The molecule has 0 radical (unpaired) electrons. The number of hydrogen-bond donors (Lipinski definition) is 1. The van der Waals surface area contributed by atoms with Gasteiger partial charge in [0.15, 0.2) is 0 Å². The van der Waals surface area contributed by atoms with Crippen molar-refractivity contribution in [3.63, 3.8) is 0 Å². The Morgan fingerprint density at radius 2 is 1.45 bits per heavy atom. The first-order valence-electron chi connectivity index (χ1n) is 6.57. The fraction of sp³-hybridized carbons (Fsp3) is 0.235. The van der Waals surface area contributed by atoms with E-state index < -0.39 is 11.9 Å². The SMILES string of the molecule is Cc1ccc(CC(Cc2ccc(F)cc2)C(=O)O)cc1.